The second kappa shape index (κ2) is 7.87. The largest absolute Gasteiger partial charge is 0.455 e. The molecular formula is C24H18N2O5. The lowest BCUT2D eigenvalue weighted by molar-refractivity contribution is -0.385. The molecule has 31 heavy (non-hydrogen) atoms. The van der Waals surface area contributed by atoms with Crippen LogP contribution in [0.25, 0.3) is 22.3 Å². The van der Waals surface area contributed by atoms with Gasteiger partial charge in [0.25, 0.3) is 11.6 Å². The van der Waals surface area contributed by atoms with Crippen LogP contribution in [0, 0.1) is 24.0 Å². The monoisotopic (exact) mass is 414 g/mol. The number of anilines is 1. The molecule has 7 heteroatoms. The van der Waals surface area contributed by atoms with Gasteiger partial charge in [-0.1, -0.05) is 42.5 Å². The topological polar surface area (TPSA) is 102 Å². The van der Waals surface area contributed by atoms with Crippen LogP contribution in [0.1, 0.15) is 21.5 Å². The number of nitro groups is 1. The third kappa shape index (κ3) is 3.57. The zero-order valence-corrected chi connectivity index (χ0v) is 16.8. The zero-order valence-electron chi connectivity index (χ0n) is 16.8. The van der Waals surface area contributed by atoms with Crippen molar-refractivity contribution in [2.75, 3.05) is 5.32 Å². The fourth-order valence-electron chi connectivity index (χ4n) is 3.50. The van der Waals surface area contributed by atoms with Crippen LogP contribution in [-0.2, 0) is 0 Å². The molecule has 1 aromatic heterocycles. The average Bonchev–Trinajstić information content (AvgIpc) is 2.77. The molecule has 0 bridgehead atoms. The number of fused-ring (bicyclic) bond motifs is 1. The number of hydrogen-bond donors (Lipinski definition) is 1. The fraction of sp³-hybridized carbons (Fsp3) is 0.0833. The highest BCUT2D eigenvalue weighted by atomic mass is 16.6. The van der Waals surface area contributed by atoms with Crippen LogP contribution in [0.3, 0.4) is 0 Å². The zero-order chi connectivity index (χ0) is 22.1. The van der Waals surface area contributed by atoms with Gasteiger partial charge >= 0.3 is 0 Å². The van der Waals surface area contributed by atoms with E-state index in [2.05, 4.69) is 5.32 Å². The summed E-state index contributed by atoms with van der Waals surface area (Å²) in [7, 11) is 0. The van der Waals surface area contributed by atoms with Gasteiger partial charge in [0, 0.05) is 17.2 Å². The predicted octanol–water partition coefficient (Wildman–Crippen LogP) is 5.24. The van der Waals surface area contributed by atoms with Gasteiger partial charge in [0.15, 0.2) is 11.0 Å². The van der Waals surface area contributed by atoms with Crippen LogP contribution in [-0.4, -0.2) is 10.8 Å². The van der Waals surface area contributed by atoms with Crippen LogP contribution in [0.5, 0.6) is 0 Å². The summed E-state index contributed by atoms with van der Waals surface area (Å²) in [5, 5.41) is 14.2. The first-order chi connectivity index (χ1) is 14.9. The molecule has 1 heterocycles. The van der Waals surface area contributed by atoms with Crippen LogP contribution in [0.2, 0.25) is 0 Å². The van der Waals surface area contributed by atoms with E-state index in [-0.39, 0.29) is 22.3 Å². The van der Waals surface area contributed by atoms with E-state index >= 15 is 0 Å². The van der Waals surface area contributed by atoms with Crippen molar-refractivity contribution in [3.8, 4) is 11.3 Å². The number of nitrogens with zero attached hydrogens (tertiary/aromatic N) is 1. The summed E-state index contributed by atoms with van der Waals surface area (Å²) >= 11 is 0. The van der Waals surface area contributed by atoms with Crippen LogP contribution in [0.15, 0.2) is 75.9 Å². The summed E-state index contributed by atoms with van der Waals surface area (Å²) in [5.41, 5.74) is 1.84. The van der Waals surface area contributed by atoms with E-state index in [1.54, 1.807) is 38.1 Å². The first-order valence-electron chi connectivity index (χ1n) is 9.55. The number of benzene rings is 3. The minimum atomic E-state index is -0.528. The maximum atomic E-state index is 13.1. The summed E-state index contributed by atoms with van der Waals surface area (Å²) in [6.45, 7) is 3.25. The van der Waals surface area contributed by atoms with Crippen molar-refractivity contribution in [3.63, 3.8) is 0 Å². The molecule has 1 N–H and O–H groups in total. The molecular weight excluding hydrogens is 396 g/mol. The minimum Gasteiger partial charge on any atom is -0.455 e. The number of nitrogens with one attached hydrogen (secondary N) is 1. The van der Waals surface area contributed by atoms with Crippen LogP contribution in [0.4, 0.5) is 11.4 Å². The van der Waals surface area contributed by atoms with E-state index in [4.69, 9.17) is 4.42 Å². The molecule has 0 fully saturated rings. The molecule has 0 saturated heterocycles. The minimum absolute atomic E-state index is 0.0933. The van der Waals surface area contributed by atoms with Crippen LogP contribution < -0.4 is 10.7 Å². The molecule has 3 aromatic carbocycles. The van der Waals surface area contributed by atoms with Crippen molar-refractivity contribution in [2.24, 2.45) is 0 Å². The number of amides is 1. The Balaban J connectivity index is 1.84. The molecule has 0 aliphatic carbocycles. The Kier molecular flexibility index (Phi) is 5.09. The predicted molar refractivity (Wildman–Crippen MR) is 118 cm³/mol. The fourth-order valence-corrected chi connectivity index (χ4v) is 3.50. The molecule has 0 aliphatic heterocycles. The molecule has 4 aromatic rings. The van der Waals surface area contributed by atoms with E-state index in [9.17, 15) is 19.7 Å². The maximum absolute atomic E-state index is 13.1. The highest BCUT2D eigenvalue weighted by Gasteiger charge is 2.20. The molecule has 0 atom stereocenters. The third-order valence-electron chi connectivity index (χ3n) is 5.18. The van der Waals surface area contributed by atoms with E-state index in [0.717, 1.165) is 5.56 Å². The molecule has 7 nitrogen and oxygen atoms in total. The highest BCUT2D eigenvalue weighted by molar-refractivity contribution is 6.11. The Morgan fingerprint density at radius 2 is 1.65 bits per heavy atom. The van der Waals surface area contributed by atoms with E-state index in [1.165, 1.54) is 12.1 Å². The van der Waals surface area contributed by atoms with Crippen LogP contribution >= 0.6 is 0 Å². The number of hydrogen-bond acceptors (Lipinski definition) is 5. The second-order valence-electron chi connectivity index (χ2n) is 7.09. The van der Waals surface area contributed by atoms with Gasteiger partial charge in [-0.15, -0.1) is 0 Å². The van der Waals surface area contributed by atoms with Gasteiger partial charge in [0.05, 0.1) is 27.1 Å². The molecule has 0 radical (unpaired) electrons. The number of para-hydroxylation sites is 1. The molecule has 4 rings (SSSR count). The number of carbonyl (C=O) groups is 1. The molecule has 0 spiro atoms. The first kappa shape index (κ1) is 20.0. The summed E-state index contributed by atoms with van der Waals surface area (Å²) in [6.07, 6.45) is 0. The lowest BCUT2D eigenvalue weighted by atomic mass is 10.0. The Labute approximate surface area is 177 Å². The number of rotatable bonds is 4. The molecule has 0 aliphatic rings. The Bertz CT molecular complexity index is 1390. The van der Waals surface area contributed by atoms with Gasteiger partial charge in [0.2, 0.25) is 0 Å². The summed E-state index contributed by atoms with van der Waals surface area (Å²) in [4.78, 5) is 36.7. The van der Waals surface area contributed by atoms with E-state index in [0.29, 0.717) is 28.0 Å². The Hall–Kier alpha value is -4.26. The quantitative estimate of drug-likeness (QED) is 0.363. The average molecular weight is 414 g/mol. The van der Waals surface area contributed by atoms with Gasteiger partial charge in [-0.2, -0.15) is 0 Å². The molecule has 0 unspecified atom stereocenters. The van der Waals surface area contributed by atoms with Crippen molar-refractivity contribution in [2.45, 2.75) is 13.8 Å². The number of carbonyl (C=O) groups excluding carboxylic acids is 1. The smallest absolute Gasteiger partial charge is 0.274 e. The van der Waals surface area contributed by atoms with Crippen molar-refractivity contribution in [3.05, 3.63) is 104 Å². The Morgan fingerprint density at radius 3 is 2.35 bits per heavy atom. The van der Waals surface area contributed by atoms with E-state index in [1.807, 2.05) is 30.3 Å². The Morgan fingerprint density at radius 1 is 0.935 bits per heavy atom. The van der Waals surface area contributed by atoms with E-state index < -0.39 is 10.8 Å². The second-order valence-corrected chi connectivity index (χ2v) is 7.09. The summed E-state index contributed by atoms with van der Waals surface area (Å²) in [5.74, 6) is -0.134. The normalized spacial score (nSPS) is 10.8. The maximum Gasteiger partial charge on any atom is 0.274 e. The summed E-state index contributed by atoms with van der Waals surface area (Å²) < 4.78 is 6.07. The van der Waals surface area contributed by atoms with Crippen molar-refractivity contribution < 1.29 is 14.1 Å². The number of nitro benzene ring substituents is 1. The molecule has 154 valence electrons. The first-order valence-corrected chi connectivity index (χ1v) is 9.55. The van der Waals surface area contributed by atoms with Gasteiger partial charge in [-0.3, -0.25) is 19.7 Å². The third-order valence-corrected chi connectivity index (χ3v) is 5.18. The summed E-state index contributed by atoms with van der Waals surface area (Å²) in [6, 6.07) is 18.4. The lowest BCUT2D eigenvalue weighted by Crippen LogP contribution is -2.15. The van der Waals surface area contributed by atoms with Crippen molar-refractivity contribution in [1.29, 1.82) is 0 Å². The van der Waals surface area contributed by atoms with Gasteiger partial charge in [0.1, 0.15) is 5.76 Å². The van der Waals surface area contributed by atoms with Crippen molar-refractivity contribution in [1.82, 2.24) is 0 Å². The highest BCUT2D eigenvalue weighted by Crippen LogP contribution is 2.29. The molecule has 0 saturated carbocycles. The molecule has 1 amide bonds. The van der Waals surface area contributed by atoms with Gasteiger partial charge in [-0.25, -0.2) is 0 Å². The van der Waals surface area contributed by atoms with Gasteiger partial charge in [-0.05, 0) is 32.0 Å². The SMILES string of the molecule is Cc1c(NC(=O)c2cccc3c(=O)c(C)c(-c4ccccc4)oc23)cccc1[N+](=O)[O-]. The van der Waals surface area contributed by atoms with Gasteiger partial charge < -0.3 is 9.73 Å². The van der Waals surface area contributed by atoms with Crippen molar-refractivity contribution >= 4 is 28.3 Å². The lowest BCUT2D eigenvalue weighted by Gasteiger charge is -2.12. The standard InChI is InChI=1S/C24H18N2O5/c1-14-19(12-7-13-20(14)26(29)30)25-24(28)18-11-6-10-17-21(27)15(2)22(31-23(17)18)16-8-4-3-5-9-16/h3-13H,1-2H3,(H,25,28).